The van der Waals surface area contributed by atoms with Gasteiger partial charge in [0.2, 0.25) is 5.24 Å². The van der Waals surface area contributed by atoms with Gasteiger partial charge in [-0.15, -0.1) is 0 Å². The van der Waals surface area contributed by atoms with Gasteiger partial charge in [0, 0.05) is 5.56 Å². The van der Waals surface area contributed by atoms with E-state index in [1.807, 2.05) is 78.9 Å². The highest BCUT2D eigenvalue weighted by molar-refractivity contribution is 6.63. The highest BCUT2D eigenvalue weighted by Gasteiger charge is 2.14. The number of hydrogen-bond donors (Lipinski definition) is 0. The number of halogens is 1. The minimum absolute atomic E-state index is 0.0915. The summed E-state index contributed by atoms with van der Waals surface area (Å²) in [6, 6.07) is 25.2. The number of para-hydroxylation sites is 1. The fraction of sp³-hybridized carbons (Fsp3) is 0.136. The van der Waals surface area contributed by atoms with Crippen LogP contribution in [0.15, 0.2) is 78.9 Å². The Bertz CT molecular complexity index is 848. The summed E-state index contributed by atoms with van der Waals surface area (Å²) in [5.74, 6) is 1.15. The Morgan fingerprint density at radius 2 is 1.31 bits per heavy atom. The van der Waals surface area contributed by atoms with Crippen LogP contribution in [0.3, 0.4) is 0 Å². The summed E-state index contributed by atoms with van der Waals surface area (Å²) in [4.78, 5) is 11.4. The van der Waals surface area contributed by atoms with E-state index in [4.69, 9.17) is 21.1 Å². The molecule has 132 valence electrons. The van der Waals surface area contributed by atoms with Gasteiger partial charge in [0.15, 0.2) is 11.5 Å². The lowest BCUT2D eigenvalue weighted by Crippen LogP contribution is -2.05. The molecule has 0 amide bonds. The molecule has 0 unspecified atom stereocenters. The quantitative estimate of drug-likeness (QED) is 0.517. The first-order chi connectivity index (χ1) is 12.7. The summed E-state index contributed by atoms with van der Waals surface area (Å²) in [6.07, 6.45) is 0.0915. The third-order valence-corrected chi connectivity index (χ3v) is 3.99. The highest BCUT2D eigenvalue weighted by Crippen LogP contribution is 2.33. The van der Waals surface area contributed by atoms with Gasteiger partial charge < -0.3 is 9.47 Å². The second kappa shape index (κ2) is 9.07. The lowest BCUT2D eigenvalue weighted by molar-refractivity contribution is -0.111. The fourth-order valence-electron chi connectivity index (χ4n) is 2.59. The van der Waals surface area contributed by atoms with E-state index in [9.17, 15) is 4.79 Å². The predicted octanol–water partition coefficient (Wildman–Crippen LogP) is 5.15. The molecule has 0 radical (unpaired) electrons. The molecule has 0 saturated carbocycles. The van der Waals surface area contributed by atoms with Crippen molar-refractivity contribution < 1.29 is 14.3 Å². The summed E-state index contributed by atoms with van der Waals surface area (Å²) in [7, 11) is 0. The van der Waals surface area contributed by atoms with Crippen LogP contribution < -0.4 is 9.47 Å². The number of rotatable bonds is 8. The normalized spacial score (nSPS) is 10.3. The van der Waals surface area contributed by atoms with Crippen molar-refractivity contribution in [2.75, 3.05) is 0 Å². The molecule has 3 aromatic rings. The Kier molecular flexibility index (Phi) is 6.29. The largest absolute Gasteiger partial charge is 0.485 e. The second-order valence-electron chi connectivity index (χ2n) is 5.82. The highest BCUT2D eigenvalue weighted by atomic mass is 35.5. The standard InChI is InChI=1S/C22H19ClO3/c23-21(24)14-19-12-7-13-20(25-15-17-8-3-1-4-9-17)22(19)26-16-18-10-5-2-6-11-18/h1-13H,14-16H2. The smallest absolute Gasteiger partial charge is 0.226 e. The summed E-state index contributed by atoms with van der Waals surface area (Å²) >= 11 is 5.59. The molecule has 3 aromatic carbocycles. The summed E-state index contributed by atoms with van der Waals surface area (Å²) in [5.41, 5.74) is 2.81. The average molecular weight is 367 g/mol. The number of hydrogen-bond acceptors (Lipinski definition) is 3. The minimum atomic E-state index is -0.435. The van der Waals surface area contributed by atoms with Crippen LogP contribution in [0.25, 0.3) is 0 Å². The van der Waals surface area contributed by atoms with Gasteiger partial charge in [-0.1, -0.05) is 72.8 Å². The van der Waals surface area contributed by atoms with Crippen molar-refractivity contribution in [2.24, 2.45) is 0 Å². The van der Waals surface area contributed by atoms with Gasteiger partial charge in [0.05, 0.1) is 6.42 Å². The predicted molar refractivity (Wildman–Crippen MR) is 103 cm³/mol. The maximum atomic E-state index is 11.4. The Labute approximate surface area is 158 Å². The molecular formula is C22H19ClO3. The van der Waals surface area contributed by atoms with Crippen LogP contribution in [0.2, 0.25) is 0 Å². The first-order valence-corrected chi connectivity index (χ1v) is 8.74. The first kappa shape index (κ1) is 18.0. The summed E-state index contributed by atoms with van der Waals surface area (Å²) in [6.45, 7) is 0.802. The molecule has 0 aliphatic rings. The van der Waals surface area contributed by atoms with Crippen molar-refractivity contribution in [3.63, 3.8) is 0 Å². The SMILES string of the molecule is O=C(Cl)Cc1cccc(OCc2ccccc2)c1OCc1ccccc1. The van der Waals surface area contributed by atoms with Crippen LogP contribution >= 0.6 is 11.6 Å². The molecule has 0 aliphatic heterocycles. The van der Waals surface area contributed by atoms with Crippen molar-refractivity contribution in [1.29, 1.82) is 0 Å². The monoisotopic (exact) mass is 366 g/mol. The van der Waals surface area contributed by atoms with Gasteiger partial charge in [0.1, 0.15) is 13.2 Å². The Hall–Kier alpha value is -2.78. The van der Waals surface area contributed by atoms with E-state index in [-0.39, 0.29) is 6.42 Å². The molecule has 4 heteroatoms. The molecule has 0 aromatic heterocycles. The van der Waals surface area contributed by atoms with Crippen molar-refractivity contribution in [3.8, 4) is 11.5 Å². The molecule has 0 heterocycles. The number of carbonyl (C=O) groups is 1. The molecular weight excluding hydrogens is 348 g/mol. The zero-order valence-electron chi connectivity index (χ0n) is 14.2. The van der Waals surface area contributed by atoms with E-state index in [0.29, 0.717) is 30.3 Å². The number of carbonyl (C=O) groups excluding carboxylic acids is 1. The van der Waals surface area contributed by atoms with Gasteiger partial charge in [-0.05, 0) is 28.8 Å². The zero-order valence-corrected chi connectivity index (χ0v) is 15.0. The molecule has 3 nitrogen and oxygen atoms in total. The van der Waals surface area contributed by atoms with Crippen molar-refractivity contribution in [3.05, 3.63) is 95.6 Å². The van der Waals surface area contributed by atoms with E-state index in [2.05, 4.69) is 0 Å². The van der Waals surface area contributed by atoms with E-state index < -0.39 is 5.24 Å². The molecule has 3 rings (SSSR count). The topological polar surface area (TPSA) is 35.5 Å². The molecule has 0 spiro atoms. The zero-order chi connectivity index (χ0) is 18.2. The lowest BCUT2D eigenvalue weighted by atomic mass is 10.1. The molecule has 26 heavy (non-hydrogen) atoms. The van der Waals surface area contributed by atoms with Crippen LogP contribution in [0.1, 0.15) is 16.7 Å². The molecule has 0 fully saturated rings. The van der Waals surface area contributed by atoms with Crippen LogP contribution in [0.4, 0.5) is 0 Å². The van der Waals surface area contributed by atoms with Crippen molar-refractivity contribution in [2.45, 2.75) is 19.6 Å². The van der Waals surface area contributed by atoms with Gasteiger partial charge >= 0.3 is 0 Å². The van der Waals surface area contributed by atoms with Gasteiger partial charge in [-0.25, -0.2) is 0 Å². The summed E-state index contributed by atoms with van der Waals surface area (Å²) in [5, 5.41) is -0.435. The first-order valence-electron chi connectivity index (χ1n) is 8.36. The van der Waals surface area contributed by atoms with Gasteiger partial charge in [-0.2, -0.15) is 0 Å². The van der Waals surface area contributed by atoms with E-state index in [1.165, 1.54) is 0 Å². The van der Waals surface area contributed by atoms with E-state index >= 15 is 0 Å². The fourth-order valence-corrected chi connectivity index (χ4v) is 2.74. The lowest BCUT2D eigenvalue weighted by Gasteiger charge is -2.16. The van der Waals surface area contributed by atoms with Crippen LogP contribution in [-0.4, -0.2) is 5.24 Å². The van der Waals surface area contributed by atoms with Crippen molar-refractivity contribution in [1.82, 2.24) is 0 Å². The Balaban J connectivity index is 1.81. The van der Waals surface area contributed by atoms with Gasteiger partial charge in [0.25, 0.3) is 0 Å². The molecule has 0 N–H and O–H groups in total. The molecule has 0 bridgehead atoms. The van der Waals surface area contributed by atoms with Gasteiger partial charge in [-0.3, -0.25) is 4.79 Å². The summed E-state index contributed by atoms with van der Waals surface area (Å²) < 4.78 is 12.0. The van der Waals surface area contributed by atoms with E-state index in [0.717, 1.165) is 11.1 Å². The molecule has 0 aliphatic carbocycles. The van der Waals surface area contributed by atoms with Crippen LogP contribution in [-0.2, 0) is 24.4 Å². The second-order valence-corrected chi connectivity index (χ2v) is 6.25. The third kappa shape index (κ3) is 5.11. The van der Waals surface area contributed by atoms with Crippen LogP contribution in [0, 0.1) is 0 Å². The maximum absolute atomic E-state index is 11.4. The third-order valence-electron chi connectivity index (χ3n) is 3.85. The number of benzene rings is 3. The maximum Gasteiger partial charge on any atom is 0.226 e. The Morgan fingerprint density at radius 1 is 0.731 bits per heavy atom. The molecule has 0 atom stereocenters. The van der Waals surface area contributed by atoms with Crippen LogP contribution in [0.5, 0.6) is 11.5 Å². The van der Waals surface area contributed by atoms with E-state index in [1.54, 1.807) is 0 Å². The molecule has 0 saturated heterocycles. The average Bonchev–Trinajstić information content (AvgIpc) is 2.67. The van der Waals surface area contributed by atoms with Crippen molar-refractivity contribution >= 4 is 16.8 Å². The minimum Gasteiger partial charge on any atom is -0.485 e. The number of ether oxygens (including phenoxy) is 2. The Morgan fingerprint density at radius 3 is 1.88 bits per heavy atom.